The molecular formula is C18H16ClN3O2. The number of aromatic amines is 1. The second-order valence-corrected chi connectivity index (χ2v) is 5.67. The summed E-state index contributed by atoms with van der Waals surface area (Å²) in [5.74, 6) is 0.497. The van der Waals surface area contributed by atoms with Gasteiger partial charge in [0.2, 0.25) is 0 Å². The highest BCUT2D eigenvalue weighted by Crippen LogP contribution is 2.24. The number of carbonyl (C=O) groups is 1. The summed E-state index contributed by atoms with van der Waals surface area (Å²) in [6.45, 7) is 1.85. The SMILES string of the molecule is COc1ccc(-c2cc(C(=O)Nc3cccc(Cl)c3C)[nH]n2)cc1. The smallest absolute Gasteiger partial charge is 0.273 e. The van der Waals surface area contributed by atoms with E-state index in [1.165, 1.54) is 0 Å². The van der Waals surface area contributed by atoms with E-state index >= 15 is 0 Å². The highest BCUT2D eigenvalue weighted by Gasteiger charge is 2.13. The van der Waals surface area contributed by atoms with Gasteiger partial charge in [-0.05, 0) is 55.0 Å². The van der Waals surface area contributed by atoms with E-state index in [9.17, 15) is 4.79 Å². The number of halogens is 1. The van der Waals surface area contributed by atoms with Crippen molar-refractivity contribution in [3.63, 3.8) is 0 Å². The van der Waals surface area contributed by atoms with E-state index in [0.29, 0.717) is 22.1 Å². The van der Waals surface area contributed by atoms with Gasteiger partial charge in [-0.15, -0.1) is 0 Å². The molecule has 0 aliphatic carbocycles. The molecule has 0 radical (unpaired) electrons. The molecule has 1 heterocycles. The normalized spacial score (nSPS) is 10.5. The minimum Gasteiger partial charge on any atom is -0.497 e. The van der Waals surface area contributed by atoms with Gasteiger partial charge in [-0.1, -0.05) is 17.7 Å². The van der Waals surface area contributed by atoms with Crippen molar-refractivity contribution in [2.75, 3.05) is 12.4 Å². The van der Waals surface area contributed by atoms with Crippen LogP contribution in [0.5, 0.6) is 5.75 Å². The topological polar surface area (TPSA) is 67.0 Å². The van der Waals surface area contributed by atoms with E-state index in [1.54, 1.807) is 31.4 Å². The maximum Gasteiger partial charge on any atom is 0.273 e. The molecule has 24 heavy (non-hydrogen) atoms. The minimum absolute atomic E-state index is 0.271. The Hall–Kier alpha value is -2.79. The second-order valence-electron chi connectivity index (χ2n) is 5.26. The summed E-state index contributed by atoms with van der Waals surface area (Å²) < 4.78 is 5.13. The monoisotopic (exact) mass is 341 g/mol. The lowest BCUT2D eigenvalue weighted by molar-refractivity contribution is 0.102. The van der Waals surface area contributed by atoms with Gasteiger partial charge in [0.15, 0.2) is 0 Å². The van der Waals surface area contributed by atoms with Crippen molar-refractivity contribution in [3.05, 3.63) is 64.8 Å². The van der Waals surface area contributed by atoms with Crippen LogP contribution in [0.3, 0.4) is 0 Å². The first-order chi connectivity index (χ1) is 11.6. The second kappa shape index (κ2) is 6.76. The van der Waals surface area contributed by atoms with Gasteiger partial charge in [0, 0.05) is 16.3 Å². The molecule has 0 saturated carbocycles. The first-order valence-electron chi connectivity index (χ1n) is 7.35. The van der Waals surface area contributed by atoms with Crippen LogP contribution in [0.15, 0.2) is 48.5 Å². The van der Waals surface area contributed by atoms with Gasteiger partial charge in [0.1, 0.15) is 11.4 Å². The molecule has 122 valence electrons. The van der Waals surface area contributed by atoms with Gasteiger partial charge in [-0.2, -0.15) is 5.10 Å². The molecule has 1 amide bonds. The minimum atomic E-state index is -0.271. The van der Waals surface area contributed by atoms with Crippen LogP contribution >= 0.6 is 11.6 Å². The fourth-order valence-electron chi connectivity index (χ4n) is 2.28. The number of H-pyrrole nitrogens is 1. The average molecular weight is 342 g/mol. The van der Waals surface area contributed by atoms with Crippen molar-refractivity contribution < 1.29 is 9.53 Å². The molecule has 0 unspecified atom stereocenters. The van der Waals surface area contributed by atoms with Gasteiger partial charge < -0.3 is 10.1 Å². The largest absolute Gasteiger partial charge is 0.497 e. The van der Waals surface area contributed by atoms with Crippen molar-refractivity contribution in [2.24, 2.45) is 0 Å². The lowest BCUT2D eigenvalue weighted by atomic mass is 10.1. The van der Waals surface area contributed by atoms with E-state index in [4.69, 9.17) is 16.3 Å². The average Bonchev–Trinajstić information content (AvgIpc) is 3.09. The van der Waals surface area contributed by atoms with E-state index in [0.717, 1.165) is 16.9 Å². The van der Waals surface area contributed by atoms with Gasteiger partial charge >= 0.3 is 0 Å². The summed E-state index contributed by atoms with van der Waals surface area (Å²) >= 11 is 6.07. The van der Waals surface area contributed by atoms with Gasteiger partial charge in [-0.3, -0.25) is 9.89 Å². The predicted molar refractivity (Wildman–Crippen MR) is 94.7 cm³/mol. The van der Waals surface area contributed by atoms with Gasteiger partial charge in [0.25, 0.3) is 5.91 Å². The molecule has 0 aliphatic rings. The Morgan fingerprint density at radius 1 is 1.21 bits per heavy atom. The van der Waals surface area contributed by atoms with Crippen LogP contribution in [-0.4, -0.2) is 23.2 Å². The van der Waals surface area contributed by atoms with Gasteiger partial charge in [-0.25, -0.2) is 0 Å². The van der Waals surface area contributed by atoms with Crippen molar-refractivity contribution >= 4 is 23.2 Å². The summed E-state index contributed by atoms with van der Waals surface area (Å²) in [5, 5.41) is 10.4. The van der Waals surface area contributed by atoms with Crippen molar-refractivity contribution in [1.29, 1.82) is 0 Å². The fourth-order valence-corrected chi connectivity index (χ4v) is 2.45. The third-order valence-electron chi connectivity index (χ3n) is 3.72. The lowest BCUT2D eigenvalue weighted by Gasteiger charge is -2.08. The number of rotatable bonds is 4. The van der Waals surface area contributed by atoms with E-state index < -0.39 is 0 Å². The maximum atomic E-state index is 12.4. The predicted octanol–water partition coefficient (Wildman–Crippen LogP) is 4.30. The molecule has 0 saturated heterocycles. The van der Waals surface area contributed by atoms with E-state index in [1.807, 2.05) is 31.2 Å². The van der Waals surface area contributed by atoms with E-state index in [-0.39, 0.29) is 5.91 Å². The van der Waals surface area contributed by atoms with Crippen LogP contribution in [0, 0.1) is 6.92 Å². The zero-order valence-corrected chi connectivity index (χ0v) is 14.0. The summed E-state index contributed by atoms with van der Waals surface area (Å²) in [5.41, 5.74) is 3.45. The maximum absolute atomic E-state index is 12.4. The number of amides is 1. The number of nitrogens with one attached hydrogen (secondary N) is 2. The number of aromatic nitrogens is 2. The Labute approximate surface area is 144 Å². The highest BCUT2D eigenvalue weighted by atomic mass is 35.5. The van der Waals surface area contributed by atoms with Crippen LogP contribution in [0.25, 0.3) is 11.3 Å². The molecule has 0 aliphatic heterocycles. The highest BCUT2D eigenvalue weighted by molar-refractivity contribution is 6.31. The molecule has 5 nitrogen and oxygen atoms in total. The summed E-state index contributed by atoms with van der Waals surface area (Å²) in [7, 11) is 1.61. The molecule has 2 aromatic carbocycles. The van der Waals surface area contributed by atoms with Crippen molar-refractivity contribution in [2.45, 2.75) is 6.92 Å². The Morgan fingerprint density at radius 2 is 1.96 bits per heavy atom. The molecule has 0 atom stereocenters. The van der Waals surface area contributed by atoms with Crippen LogP contribution in [0.1, 0.15) is 16.1 Å². The number of carbonyl (C=O) groups excluding carboxylic acids is 1. The summed E-state index contributed by atoms with van der Waals surface area (Å²) in [6.07, 6.45) is 0. The molecule has 6 heteroatoms. The third kappa shape index (κ3) is 3.26. The van der Waals surface area contributed by atoms with Gasteiger partial charge in [0.05, 0.1) is 12.8 Å². The van der Waals surface area contributed by atoms with Crippen LogP contribution in [-0.2, 0) is 0 Å². The summed E-state index contributed by atoms with van der Waals surface area (Å²) in [6, 6.07) is 14.6. The summed E-state index contributed by atoms with van der Waals surface area (Å²) in [4.78, 5) is 12.4. The third-order valence-corrected chi connectivity index (χ3v) is 4.13. The number of methoxy groups -OCH3 is 1. The molecule has 0 fully saturated rings. The van der Waals surface area contributed by atoms with E-state index in [2.05, 4.69) is 15.5 Å². The number of hydrogen-bond acceptors (Lipinski definition) is 3. The quantitative estimate of drug-likeness (QED) is 0.743. The molecule has 2 N–H and O–H groups in total. The van der Waals surface area contributed by atoms with Crippen LogP contribution in [0.4, 0.5) is 5.69 Å². The number of nitrogens with zero attached hydrogens (tertiary/aromatic N) is 1. The Balaban J connectivity index is 1.79. The first kappa shape index (κ1) is 16.1. The molecule has 0 bridgehead atoms. The Kier molecular flexibility index (Phi) is 4.53. The fraction of sp³-hybridized carbons (Fsp3) is 0.111. The Morgan fingerprint density at radius 3 is 2.67 bits per heavy atom. The Bertz CT molecular complexity index is 872. The molecule has 3 aromatic rings. The molecule has 1 aromatic heterocycles. The number of benzene rings is 2. The molecule has 0 spiro atoms. The molecular weight excluding hydrogens is 326 g/mol. The lowest BCUT2D eigenvalue weighted by Crippen LogP contribution is -2.13. The first-order valence-corrected chi connectivity index (χ1v) is 7.72. The van der Waals surface area contributed by atoms with Crippen LogP contribution in [0.2, 0.25) is 5.02 Å². The van der Waals surface area contributed by atoms with Crippen LogP contribution < -0.4 is 10.1 Å². The standard InChI is InChI=1S/C18H16ClN3O2/c1-11-14(19)4-3-5-15(11)20-18(23)17-10-16(21-22-17)12-6-8-13(24-2)9-7-12/h3-10H,1-2H3,(H,20,23)(H,21,22). The number of ether oxygens (including phenoxy) is 1. The number of hydrogen-bond donors (Lipinski definition) is 2. The number of anilines is 1. The zero-order chi connectivity index (χ0) is 17.1. The zero-order valence-electron chi connectivity index (χ0n) is 13.3. The molecule has 3 rings (SSSR count). The van der Waals surface area contributed by atoms with Crippen molar-refractivity contribution in [1.82, 2.24) is 10.2 Å². The van der Waals surface area contributed by atoms with Crippen molar-refractivity contribution in [3.8, 4) is 17.0 Å².